The van der Waals surface area contributed by atoms with Crippen molar-refractivity contribution >= 4 is 17.4 Å². The Bertz CT molecular complexity index is 607. The highest BCUT2D eigenvalue weighted by Crippen LogP contribution is 2.38. The summed E-state index contributed by atoms with van der Waals surface area (Å²) in [5.41, 5.74) is 1.30. The average molecular weight is 295 g/mol. The van der Waals surface area contributed by atoms with Gasteiger partial charge < -0.3 is 5.32 Å². The van der Waals surface area contributed by atoms with Gasteiger partial charge in [0.15, 0.2) is 0 Å². The number of hydrogen-bond acceptors (Lipinski definition) is 2. The number of benzene rings is 2. The average Bonchev–Trinajstić information content (AvgIpc) is 2.46. The van der Waals surface area contributed by atoms with Crippen LogP contribution in [0.15, 0.2) is 53.4 Å². The third-order valence-corrected chi connectivity index (χ3v) is 4.43. The second-order valence-electron chi connectivity index (χ2n) is 4.62. The van der Waals surface area contributed by atoms with Gasteiger partial charge in [-0.05, 0) is 29.8 Å². The van der Waals surface area contributed by atoms with E-state index in [-0.39, 0.29) is 6.04 Å². The molecule has 0 aliphatic carbocycles. The summed E-state index contributed by atoms with van der Waals surface area (Å²) >= 11 is 1.72. The zero-order chi connectivity index (χ0) is 14.2. The minimum Gasteiger partial charge on any atom is -0.376 e. The maximum atomic E-state index is 12.5. The molecule has 2 aromatic carbocycles. The molecule has 20 heavy (non-hydrogen) atoms. The molecule has 1 N–H and O–H groups in total. The monoisotopic (exact) mass is 295 g/mol. The van der Waals surface area contributed by atoms with Crippen LogP contribution in [-0.4, -0.2) is 5.75 Å². The van der Waals surface area contributed by atoms with Gasteiger partial charge in [0, 0.05) is 16.3 Å². The van der Waals surface area contributed by atoms with Crippen molar-refractivity contribution in [1.82, 2.24) is 0 Å². The quantitative estimate of drug-likeness (QED) is 0.797. The molecular formula is C15H12F3NS. The first-order chi connectivity index (χ1) is 9.54. The van der Waals surface area contributed by atoms with Gasteiger partial charge in [0.1, 0.15) is 0 Å². The summed E-state index contributed by atoms with van der Waals surface area (Å²) in [6.45, 7) is 0. The molecule has 0 amide bonds. The van der Waals surface area contributed by atoms with Gasteiger partial charge >= 0.3 is 6.18 Å². The zero-order valence-corrected chi connectivity index (χ0v) is 11.3. The highest BCUT2D eigenvalue weighted by Gasteiger charge is 2.30. The lowest BCUT2D eigenvalue weighted by molar-refractivity contribution is -0.137. The van der Waals surface area contributed by atoms with Crippen molar-refractivity contribution in [3.05, 3.63) is 59.7 Å². The maximum absolute atomic E-state index is 12.5. The minimum absolute atomic E-state index is 0.0391. The van der Waals surface area contributed by atoms with Crippen LogP contribution < -0.4 is 5.32 Å². The van der Waals surface area contributed by atoms with Gasteiger partial charge in [-0.2, -0.15) is 13.2 Å². The van der Waals surface area contributed by atoms with E-state index in [2.05, 4.69) is 5.32 Å². The summed E-state index contributed by atoms with van der Waals surface area (Å²) in [5.74, 6) is 0.808. The van der Waals surface area contributed by atoms with Gasteiger partial charge in [-0.15, -0.1) is 11.8 Å². The summed E-state index contributed by atoms with van der Waals surface area (Å²) in [4.78, 5) is 1.18. The Morgan fingerprint density at radius 3 is 2.40 bits per heavy atom. The Morgan fingerprint density at radius 2 is 1.70 bits per heavy atom. The third-order valence-electron chi connectivity index (χ3n) is 3.26. The van der Waals surface area contributed by atoms with E-state index in [9.17, 15) is 13.2 Å². The molecule has 1 atom stereocenters. The molecule has 104 valence electrons. The molecule has 0 bridgehead atoms. The standard InChI is InChI=1S/C15H12F3NS/c16-15(17,18)11-7-5-10(6-8-11)13-9-20-14-4-2-1-3-12(14)19-13/h1-8,13,19H,9H2. The number of halogens is 3. The summed E-state index contributed by atoms with van der Waals surface area (Å²) in [6.07, 6.45) is -4.28. The Balaban J connectivity index is 1.81. The van der Waals surface area contributed by atoms with Crippen LogP contribution in [0, 0.1) is 0 Å². The number of anilines is 1. The number of rotatable bonds is 1. The first-order valence-electron chi connectivity index (χ1n) is 6.19. The summed E-state index contributed by atoms with van der Waals surface area (Å²) < 4.78 is 37.6. The van der Waals surface area contributed by atoms with E-state index < -0.39 is 11.7 Å². The van der Waals surface area contributed by atoms with E-state index in [1.807, 2.05) is 24.3 Å². The zero-order valence-electron chi connectivity index (χ0n) is 10.4. The lowest BCUT2D eigenvalue weighted by Crippen LogP contribution is -2.17. The number of para-hydroxylation sites is 1. The third kappa shape index (κ3) is 2.63. The highest BCUT2D eigenvalue weighted by atomic mass is 32.2. The number of alkyl halides is 3. The van der Waals surface area contributed by atoms with E-state index in [4.69, 9.17) is 0 Å². The molecule has 1 unspecified atom stereocenters. The number of hydrogen-bond donors (Lipinski definition) is 1. The molecule has 0 fully saturated rings. The second kappa shape index (κ2) is 5.05. The van der Waals surface area contributed by atoms with Crippen molar-refractivity contribution < 1.29 is 13.2 Å². The molecule has 1 nitrogen and oxygen atoms in total. The van der Waals surface area contributed by atoms with Gasteiger partial charge in [0.05, 0.1) is 11.6 Å². The number of thioether (sulfide) groups is 1. The van der Waals surface area contributed by atoms with E-state index in [1.165, 1.54) is 4.90 Å². The molecule has 1 aliphatic heterocycles. The summed E-state index contributed by atoms with van der Waals surface area (Å²) in [7, 11) is 0. The van der Waals surface area contributed by atoms with E-state index in [0.717, 1.165) is 29.1 Å². The summed E-state index contributed by atoms with van der Waals surface area (Å²) in [6, 6.07) is 13.4. The predicted molar refractivity (Wildman–Crippen MR) is 75.0 cm³/mol. The van der Waals surface area contributed by atoms with Crippen LogP contribution in [0.2, 0.25) is 0 Å². The fourth-order valence-corrected chi connectivity index (χ4v) is 3.28. The normalized spacial score (nSPS) is 18.2. The van der Waals surface area contributed by atoms with E-state index in [1.54, 1.807) is 23.9 Å². The van der Waals surface area contributed by atoms with E-state index >= 15 is 0 Å². The topological polar surface area (TPSA) is 12.0 Å². The molecule has 1 aliphatic rings. The summed E-state index contributed by atoms with van der Waals surface area (Å²) in [5, 5.41) is 3.37. The molecule has 0 saturated carbocycles. The van der Waals surface area contributed by atoms with E-state index in [0.29, 0.717) is 0 Å². The van der Waals surface area contributed by atoms with Gasteiger partial charge in [0.2, 0.25) is 0 Å². The molecule has 0 saturated heterocycles. The van der Waals surface area contributed by atoms with Crippen molar-refractivity contribution in [3.63, 3.8) is 0 Å². The van der Waals surface area contributed by atoms with Crippen LogP contribution in [0.4, 0.5) is 18.9 Å². The fraction of sp³-hybridized carbons (Fsp3) is 0.200. The second-order valence-corrected chi connectivity index (χ2v) is 5.69. The van der Waals surface area contributed by atoms with Gasteiger partial charge in [-0.3, -0.25) is 0 Å². The molecule has 0 radical (unpaired) electrons. The van der Waals surface area contributed by atoms with Crippen LogP contribution in [0.25, 0.3) is 0 Å². The van der Waals surface area contributed by atoms with Crippen LogP contribution in [0.5, 0.6) is 0 Å². The number of nitrogens with one attached hydrogen (secondary N) is 1. The first kappa shape index (κ1) is 13.4. The first-order valence-corrected chi connectivity index (χ1v) is 7.18. The Kier molecular flexibility index (Phi) is 3.38. The lowest BCUT2D eigenvalue weighted by atomic mass is 10.1. The van der Waals surface area contributed by atoms with Gasteiger partial charge in [-0.1, -0.05) is 24.3 Å². The minimum atomic E-state index is -4.28. The smallest absolute Gasteiger partial charge is 0.376 e. The predicted octanol–water partition coefficient (Wildman–Crippen LogP) is 4.96. The molecule has 2 aromatic rings. The van der Waals surface area contributed by atoms with Crippen molar-refractivity contribution in [2.45, 2.75) is 17.1 Å². The largest absolute Gasteiger partial charge is 0.416 e. The molecule has 0 spiro atoms. The molecule has 3 rings (SSSR count). The van der Waals surface area contributed by atoms with Crippen molar-refractivity contribution in [2.24, 2.45) is 0 Å². The van der Waals surface area contributed by atoms with Crippen molar-refractivity contribution in [3.8, 4) is 0 Å². The van der Waals surface area contributed by atoms with Crippen LogP contribution in [0.1, 0.15) is 17.2 Å². The number of fused-ring (bicyclic) bond motifs is 1. The lowest BCUT2D eigenvalue weighted by Gasteiger charge is -2.27. The molecule has 0 aromatic heterocycles. The Morgan fingerprint density at radius 1 is 1.00 bits per heavy atom. The van der Waals surface area contributed by atoms with Gasteiger partial charge in [-0.25, -0.2) is 0 Å². The fourth-order valence-electron chi connectivity index (χ4n) is 2.20. The van der Waals surface area contributed by atoms with Crippen LogP contribution >= 0.6 is 11.8 Å². The van der Waals surface area contributed by atoms with Crippen LogP contribution in [-0.2, 0) is 6.18 Å². The van der Waals surface area contributed by atoms with Crippen molar-refractivity contribution in [2.75, 3.05) is 11.1 Å². The molecular weight excluding hydrogens is 283 g/mol. The van der Waals surface area contributed by atoms with Gasteiger partial charge in [0.25, 0.3) is 0 Å². The van der Waals surface area contributed by atoms with Crippen molar-refractivity contribution in [1.29, 1.82) is 0 Å². The highest BCUT2D eigenvalue weighted by molar-refractivity contribution is 7.99. The molecule has 1 heterocycles. The Labute approximate surface area is 119 Å². The van der Waals surface area contributed by atoms with Crippen LogP contribution in [0.3, 0.4) is 0 Å². The molecule has 5 heteroatoms. The Hall–Kier alpha value is -1.62. The maximum Gasteiger partial charge on any atom is 0.416 e. The SMILES string of the molecule is FC(F)(F)c1ccc(C2CSc3ccccc3N2)cc1.